The van der Waals surface area contributed by atoms with E-state index in [2.05, 4.69) is 28.4 Å². The molecule has 0 saturated carbocycles. The smallest absolute Gasteiger partial charge is 0.317 e. The maximum absolute atomic E-state index is 10.6. The van der Waals surface area contributed by atoms with Crippen molar-refractivity contribution in [3.8, 4) is 11.3 Å². The van der Waals surface area contributed by atoms with Crippen LogP contribution in [0.15, 0.2) is 36.4 Å². The van der Waals surface area contributed by atoms with E-state index in [9.17, 15) is 4.79 Å². The molecule has 0 bridgehead atoms. The number of unbranched alkanes of at least 4 members (excludes halogenated alkanes) is 2. The molecule has 1 aromatic carbocycles. The third kappa shape index (κ3) is 5.33. The van der Waals surface area contributed by atoms with Gasteiger partial charge in [0, 0.05) is 11.3 Å². The molecular weight excluding hydrogens is 278 g/mol. The van der Waals surface area contributed by atoms with Crippen LogP contribution in [0.2, 0.25) is 0 Å². The van der Waals surface area contributed by atoms with Crippen molar-refractivity contribution >= 4 is 5.97 Å². The van der Waals surface area contributed by atoms with Gasteiger partial charge in [-0.25, -0.2) is 0 Å². The number of aromatic amines is 1. The van der Waals surface area contributed by atoms with Crippen molar-refractivity contribution in [2.75, 3.05) is 20.1 Å². The van der Waals surface area contributed by atoms with Gasteiger partial charge in [0.1, 0.15) is 0 Å². The molecule has 2 rings (SSSR count). The maximum atomic E-state index is 10.6. The first-order chi connectivity index (χ1) is 10.6. The lowest BCUT2D eigenvalue weighted by Gasteiger charge is -2.12. The summed E-state index contributed by atoms with van der Waals surface area (Å²) < 4.78 is 0. The molecule has 0 unspecified atom stereocenters. The SMILES string of the molecule is CN(CCCCCc1cc(-c2ccccc2)n[nH]1)CC(=O)O. The van der Waals surface area contributed by atoms with Crippen LogP contribution in [0.3, 0.4) is 0 Å². The first-order valence-electron chi connectivity index (χ1n) is 7.65. The molecule has 0 radical (unpaired) electrons. The van der Waals surface area contributed by atoms with Crippen molar-refractivity contribution in [1.82, 2.24) is 15.1 Å². The van der Waals surface area contributed by atoms with Crippen molar-refractivity contribution in [3.05, 3.63) is 42.1 Å². The molecule has 0 saturated heterocycles. The summed E-state index contributed by atoms with van der Waals surface area (Å²) >= 11 is 0. The Kier molecular flexibility index (Phi) is 6.15. The first kappa shape index (κ1) is 16.2. The number of benzene rings is 1. The minimum Gasteiger partial charge on any atom is -0.480 e. The lowest BCUT2D eigenvalue weighted by Crippen LogP contribution is -2.26. The van der Waals surface area contributed by atoms with Crippen LogP contribution in [-0.2, 0) is 11.2 Å². The van der Waals surface area contributed by atoms with Gasteiger partial charge in [-0.05, 0) is 38.9 Å². The van der Waals surface area contributed by atoms with Gasteiger partial charge in [-0.1, -0.05) is 36.8 Å². The van der Waals surface area contributed by atoms with E-state index in [0.717, 1.165) is 49.2 Å². The number of aromatic nitrogens is 2. The largest absolute Gasteiger partial charge is 0.480 e. The summed E-state index contributed by atoms with van der Waals surface area (Å²) in [5, 5.41) is 16.1. The van der Waals surface area contributed by atoms with E-state index >= 15 is 0 Å². The van der Waals surface area contributed by atoms with Gasteiger partial charge in [0.25, 0.3) is 0 Å². The molecule has 0 aliphatic carbocycles. The second-order valence-electron chi connectivity index (χ2n) is 5.59. The number of carbonyl (C=O) groups is 1. The van der Waals surface area contributed by atoms with E-state index in [4.69, 9.17) is 5.11 Å². The summed E-state index contributed by atoms with van der Waals surface area (Å²) in [5.74, 6) is -0.770. The van der Waals surface area contributed by atoms with Crippen LogP contribution in [0.25, 0.3) is 11.3 Å². The molecule has 0 fully saturated rings. The van der Waals surface area contributed by atoms with E-state index < -0.39 is 5.97 Å². The van der Waals surface area contributed by atoms with Crippen LogP contribution >= 0.6 is 0 Å². The Hall–Kier alpha value is -2.14. The number of carboxylic acid groups (broad SMARTS) is 1. The van der Waals surface area contributed by atoms with Crippen LogP contribution in [-0.4, -0.2) is 46.3 Å². The Morgan fingerprint density at radius 1 is 1.23 bits per heavy atom. The number of hydrogen-bond donors (Lipinski definition) is 2. The van der Waals surface area contributed by atoms with E-state index in [-0.39, 0.29) is 6.54 Å². The normalized spacial score (nSPS) is 11.0. The summed E-state index contributed by atoms with van der Waals surface area (Å²) in [7, 11) is 1.84. The molecule has 2 aromatic rings. The maximum Gasteiger partial charge on any atom is 0.317 e. The summed E-state index contributed by atoms with van der Waals surface area (Å²) in [6.07, 6.45) is 4.16. The number of aliphatic carboxylic acids is 1. The average Bonchev–Trinajstić information content (AvgIpc) is 2.96. The van der Waals surface area contributed by atoms with Gasteiger partial charge >= 0.3 is 5.97 Å². The molecule has 0 spiro atoms. The highest BCUT2D eigenvalue weighted by atomic mass is 16.4. The van der Waals surface area contributed by atoms with Gasteiger partial charge in [0.2, 0.25) is 0 Å². The molecule has 0 amide bonds. The van der Waals surface area contributed by atoms with E-state index in [0.29, 0.717) is 0 Å². The predicted octanol–water partition coefficient (Wildman–Crippen LogP) is 2.81. The van der Waals surface area contributed by atoms with Gasteiger partial charge in [-0.3, -0.25) is 14.8 Å². The van der Waals surface area contributed by atoms with Crippen LogP contribution in [0, 0.1) is 0 Å². The van der Waals surface area contributed by atoms with Gasteiger partial charge in [-0.2, -0.15) is 5.10 Å². The Balaban J connectivity index is 1.68. The molecule has 22 heavy (non-hydrogen) atoms. The van der Waals surface area contributed by atoms with E-state index in [1.54, 1.807) is 0 Å². The number of H-pyrrole nitrogens is 1. The highest BCUT2D eigenvalue weighted by Gasteiger charge is 2.05. The van der Waals surface area contributed by atoms with Gasteiger partial charge < -0.3 is 5.11 Å². The summed E-state index contributed by atoms with van der Waals surface area (Å²) in [6, 6.07) is 12.2. The van der Waals surface area contributed by atoms with E-state index in [1.807, 2.05) is 30.1 Å². The van der Waals surface area contributed by atoms with Crippen molar-refractivity contribution in [2.24, 2.45) is 0 Å². The zero-order chi connectivity index (χ0) is 15.8. The first-order valence-corrected chi connectivity index (χ1v) is 7.65. The molecule has 0 aliphatic heterocycles. The number of aryl methyl sites for hydroxylation is 1. The number of rotatable bonds is 9. The van der Waals surface area contributed by atoms with Crippen molar-refractivity contribution in [3.63, 3.8) is 0 Å². The molecule has 0 aliphatic rings. The Morgan fingerprint density at radius 2 is 2.00 bits per heavy atom. The molecule has 1 aromatic heterocycles. The van der Waals surface area contributed by atoms with Crippen molar-refractivity contribution in [2.45, 2.75) is 25.7 Å². The Morgan fingerprint density at radius 3 is 2.73 bits per heavy atom. The van der Waals surface area contributed by atoms with Crippen molar-refractivity contribution in [1.29, 1.82) is 0 Å². The number of hydrogen-bond acceptors (Lipinski definition) is 3. The third-order valence-electron chi connectivity index (χ3n) is 3.59. The predicted molar refractivity (Wildman–Crippen MR) is 86.7 cm³/mol. The van der Waals surface area contributed by atoms with Gasteiger partial charge in [0.05, 0.1) is 12.2 Å². The monoisotopic (exact) mass is 301 g/mol. The molecule has 5 nitrogen and oxygen atoms in total. The van der Waals surface area contributed by atoms with Crippen LogP contribution in [0.5, 0.6) is 0 Å². The Labute approximate surface area is 131 Å². The van der Waals surface area contributed by atoms with E-state index in [1.165, 1.54) is 0 Å². The summed E-state index contributed by atoms with van der Waals surface area (Å²) in [5.41, 5.74) is 3.26. The molecular formula is C17H23N3O2. The standard InChI is InChI=1S/C17H23N3O2/c1-20(13-17(21)22)11-7-3-6-10-15-12-16(19-18-15)14-8-4-2-5-9-14/h2,4-5,8-9,12H,3,6-7,10-11,13H2,1H3,(H,18,19)(H,21,22). The molecule has 0 atom stereocenters. The quantitative estimate of drug-likeness (QED) is 0.699. The zero-order valence-electron chi connectivity index (χ0n) is 13.0. The lowest BCUT2D eigenvalue weighted by molar-refractivity contribution is -0.137. The highest BCUT2D eigenvalue weighted by molar-refractivity contribution is 5.69. The fourth-order valence-corrected chi connectivity index (χ4v) is 2.43. The number of carboxylic acids is 1. The molecule has 118 valence electrons. The molecule has 5 heteroatoms. The number of nitrogens with zero attached hydrogens (tertiary/aromatic N) is 2. The fraction of sp³-hybridized carbons (Fsp3) is 0.412. The lowest BCUT2D eigenvalue weighted by atomic mass is 10.1. The van der Waals surface area contributed by atoms with Gasteiger partial charge in [-0.15, -0.1) is 0 Å². The fourth-order valence-electron chi connectivity index (χ4n) is 2.43. The van der Waals surface area contributed by atoms with Crippen LogP contribution < -0.4 is 0 Å². The summed E-state index contributed by atoms with van der Waals surface area (Å²) in [6.45, 7) is 0.936. The van der Waals surface area contributed by atoms with Crippen LogP contribution in [0.4, 0.5) is 0 Å². The minimum absolute atomic E-state index is 0.112. The van der Waals surface area contributed by atoms with Crippen LogP contribution in [0.1, 0.15) is 25.0 Å². The highest BCUT2D eigenvalue weighted by Crippen LogP contribution is 2.17. The summed E-state index contributed by atoms with van der Waals surface area (Å²) in [4.78, 5) is 12.4. The Bertz CT molecular complexity index is 581. The third-order valence-corrected chi connectivity index (χ3v) is 3.59. The molecule has 2 N–H and O–H groups in total. The van der Waals surface area contributed by atoms with Crippen molar-refractivity contribution < 1.29 is 9.90 Å². The average molecular weight is 301 g/mol. The number of likely N-dealkylation sites (N-methyl/N-ethyl adjacent to an activating group) is 1. The van der Waals surface area contributed by atoms with Gasteiger partial charge in [0.15, 0.2) is 0 Å². The molecule has 1 heterocycles. The second kappa shape index (κ2) is 8.34. The number of nitrogens with one attached hydrogen (secondary N) is 1. The zero-order valence-corrected chi connectivity index (χ0v) is 13.0. The topological polar surface area (TPSA) is 69.2 Å². The second-order valence-corrected chi connectivity index (χ2v) is 5.59. The minimum atomic E-state index is -0.770.